The van der Waals surface area contributed by atoms with Crippen LogP contribution in [-0.4, -0.2) is 31.4 Å². The number of nitrogens with zero attached hydrogens (tertiary/aromatic N) is 4. The van der Waals surface area contributed by atoms with Gasteiger partial charge in [-0.25, -0.2) is 9.50 Å². The van der Waals surface area contributed by atoms with E-state index in [-0.39, 0.29) is 18.2 Å². The Labute approximate surface area is 164 Å². The van der Waals surface area contributed by atoms with Gasteiger partial charge in [0.1, 0.15) is 0 Å². The van der Waals surface area contributed by atoms with Crippen molar-refractivity contribution in [2.45, 2.75) is 13.3 Å². The molecule has 0 spiro atoms. The van der Waals surface area contributed by atoms with Crippen molar-refractivity contribution in [2.75, 3.05) is 10.6 Å². The molecule has 0 radical (unpaired) electrons. The van der Waals surface area contributed by atoms with Crippen molar-refractivity contribution in [3.8, 4) is 0 Å². The van der Waals surface area contributed by atoms with Crippen molar-refractivity contribution in [1.82, 2.24) is 19.6 Å². The fraction of sp³-hybridized carbons (Fsp3) is 0.105. The number of rotatable bonds is 5. The number of carbonyl (C=O) groups is 2. The van der Waals surface area contributed by atoms with Crippen molar-refractivity contribution >= 4 is 40.3 Å². The topological polar surface area (TPSA) is 101 Å². The summed E-state index contributed by atoms with van der Waals surface area (Å²) in [5.74, 6) is -0.288. The highest BCUT2D eigenvalue weighted by Crippen LogP contribution is 2.22. The van der Waals surface area contributed by atoms with Crippen LogP contribution in [0.1, 0.15) is 21.2 Å². The highest BCUT2D eigenvalue weighted by atomic mass is 32.1. The maximum atomic E-state index is 12.6. The van der Waals surface area contributed by atoms with E-state index in [1.54, 1.807) is 36.5 Å². The molecule has 0 aliphatic rings. The molecule has 3 heterocycles. The first-order valence-electron chi connectivity index (χ1n) is 8.51. The number of anilines is 2. The Kier molecular flexibility index (Phi) is 4.81. The average Bonchev–Trinajstić information content (AvgIpc) is 3.33. The first-order chi connectivity index (χ1) is 13.6. The smallest absolute Gasteiger partial charge is 0.295 e. The molecule has 3 aromatic heterocycles. The lowest BCUT2D eigenvalue weighted by Gasteiger charge is -2.11. The van der Waals surface area contributed by atoms with E-state index in [1.165, 1.54) is 15.9 Å². The molecule has 8 nitrogen and oxygen atoms in total. The van der Waals surface area contributed by atoms with Crippen LogP contribution in [0.4, 0.5) is 11.4 Å². The maximum absolute atomic E-state index is 12.6. The van der Waals surface area contributed by atoms with Gasteiger partial charge in [-0.05, 0) is 36.6 Å². The van der Waals surface area contributed by atoms with Gasteiger partial charge in [-0.3, -0.25) is 9.59 Å². The van der Waals surface area contributed by atoms with Gasteiger partial charge in [0.2, 0.25) is 11.7 Å². The molecular formula is C19H16N6O2S. The fourth-order valence-electron chi connectivity index (χ4n) is 2.65. The molecule has 1 aromatic carbocycles. The van der Waals surface area contributed by atoms with Gasteiger partial charge in [-0.2, -0.15) is 4.98 Å². The van der Waals surface area contributed by atoms with Gasteiger partial charge >= 0.3 is 0 Å². The summed E-state index contributed by atoms with van der Waals surface area (Å²) < 4.78 is 1.50. The highest BCUT2D eigenvalue weighted by Gasteiger charge is 2.16. The second-order valence-electron chi connectivity index (χ2n) is 6.04. The summed E-state index contributed by atoms with van der Waals surface area (Å²) in [4.78, 5) is 34.1. The zero-order valence-corrected chi connectivity index (χ0v) is 15.7. The summed E-state index contributed by atoms with van der Waals surface area (Å²) in [5, 5.41) is 11.7. The Morgan fingerprint density at radius 3 is 2.57 bits per heavy atom. The fourth-order valence-corrected chi connectivity index (χ4v) is 3.35. The second-order valence-corrected chi connectivity index (χ2v) is 7.07. The lowest BCUT2D eigenvalue weighted by Crippen LogP contribution is -2.18. The minimum atomic E-state index is -0.482. The number of amides is 2. The standard InChI is InChI=1S/C19H16N6O2S/c1-12-8-9-20-19-23-17(24-25(12)19)18(27)22-15-7-3-2-6-14(15)21-16(26)11-13-5-4-10-28-13/h2-10H,11H2,1H3,(H,21,26)(H,22,27). The molecule has 0 aliphatic carbocycles. The van der Waals surface area contributed by atoms with Gasteiger partial charge in [-0.15, -0.1) is 16.4 Å². The molecule has 4 aromatic rings. The number of carbonyl (C=O) groups excluding carboxylic acids is 2. The van der Waals surface area contributed by atoms with E-state index in [1.807, 2.05) is 24.4 Å². The number of aryl methyl sites for hydroxylation is 1. The predicted molar refractivity (Wildman–Crippen MR) is 107 cm³/mol. The molecule has 9 heteroatoms. The van der Waals surface area contributed by atoms with Gasteiger partial charge in [0.25, 0.3) is 11.7 Å². The van der Waals surface area contributed by atoms with Crippen LogP contribution in [0.15, 0.2) is 54.0 Å². The summed E-state index contributed by atoms with van der Waals surface area (Å²) in [6.45, 7) is 1.85. The van der Waals surface area contributed by atoms with Gasteiger partial charge in [0.15, 0.2) is 0 Å². The van der Waals surface area contributed by atoms with E-state index in [0.717, 1.165) is 10.6 Å². The molecule has 2 N–H and O–H groups in total. The monoisotopic (exact) mass is 392 g/mol. The molecule has 0 saturated heterocycles. The van der Waals surface area contributed by atoms with Crippen LogP contribution in [-0.2, 0) is 11.2 Å². The minimum absolute atomic E-state index is 0.00140. The summed E-state index contributed by atoms with van der Waals surface area (Å²) in [5.41, 5.74) is 1.80. The molecule has 140 valence electrons. The number of thiophene rings is 1. The molecule has 4 rings (SSSR count). The van der Waals surface area contributed by atoms with Crippen LogP contribution in [0.3, 0.4) is 0 Å². The quantitative estimate of drug-likeness (QED) is 0.544. The van der Waals surface area contributed by atoms with E-state index in [4.69, 9.17) is 0 Å². The number of para-hydroxylation sites is 2. The molecule has 0 aliphatic heterocycles. The second kappa shape index (κ2) is 7.57. The van der Waals surface area contributed by atoms with E-state index in [0.29, 0.717) is 17.2 Å². The highest BCUT2D eigenvalue weighted by molar-refractivity contribution is 7.10. The zero-order valence-electron chi connectivity index (χ0n) is 14.9. The third kappa shape index (κ3) is 3.74. The Bertz CT molecular complexity index is 1150. The third-order valence-electron chi connectivity index (χ3n) is 4.00. The molecule has 0 fully saturated rings. The number of hydrogen-bond acceptors (Lipinski definition) is 6. The Hall–Kier alpha value is -3.59. The number of fused-ring (bicyclic) bond motifs is 1. The third-order valence-corrected chi connectivity index (χ3v) is 4.87. The lowest BCUT2D eigenvalue weighted by atomic mass is 10.2. The lowest BCUT2D eigenvalue weighted by molar-refractivity contribution is -0.115. The SMILES string of the molecule is Cc1ccnc2nc(C(=O)Nc3ccccc3NC(=O)Cc3cccs3)nn12. The van der Waals surface area contributed by atoms with Crippen molar-refractivity contribution in [2.24, 2.45) is 0 Å². The Morgan fingerprint density at radius 2 is 1.86 bits per heavy atom. The summed E-state index contributed by atoms with van der Waals surface area (Å²) in [7, 11) is 0. The van der Waals surface area contributed by atoms with E-state index < -0.39 is 5.91 Å². The maximum Gasteiger partial charge on any atom is 0.295 e. The first kappa shape index (κ1) is 17.8. The van der Waals surface area contributed by atoms with Crippen LogP contribution in [0.25, 0.3) is 5.78 Å². The number of aromatic nitrogens is 4. The van der Waals surface area contributed by atoms with Crippen LogP contribution < -0.4 is 10.6 Å². The van der Waals surface area contributed by atoms with Crippen molar-refractivity contribution in [3.05, 3.63) is 70.4 Å². The van der Waals surface area contributed by atoms with E-state index in [2.05, 4.69) is 25.7 Å². The molecule has 2 amide bonds. The van der Waals surface area contributed by atoms with Crippen molar-refractivity contribution < 1.29 is 9.59 Å². The van der Waals surface area contributed by atoms with Crippen LogP contribution >= 0.6 is 11.3 Å². The molecule has 0 unspecified atom stereocenters. The molecule has 0 atom stereocenters. The first-order valence-corrected chi connectivity index (χ1v) is 9.39. The number of nitrogens with one attached hydrogen (secondary N) is 2. The summed E-state index contributed by atoms with van der Waals surface area (Å²) in [6.07, 6.45) is 1.89. The Balaban J connectivity index is 1.52. The minimum Gasteiger partial charge on any atom is -0.324 e. The van der Waals surface area contributed by atoms with Gasteiger partial charge in [0, 0.05) is 16.8 Å². The zero-order chi connectivity index (χ0) is 19.5. The molecule has 28 heavy (non-hydrogen) atoms. The van der Waals surface area contributed by atoms with Gasteiger partial charge < -0.3 is 10.6 Å². The average molecular weight is 392 g/mol. The number of benzene rings is 1. The summed E-state index contributed by atoms with van der Waals surface area (Å²) >= 11 is 1.52. The molecule has 0 bridgehead atoms. The predicted octanol–water partition coefficient (Wildman–Crippen LogP) is 2.93. The Morgan fingerprint density at radius 1 is 1.07 bits per heavy atom. The largest absolute Gasteiger partial charge is 0.324 e. The van der Waals surface area contributed by atoms with Gasteiger partial charge in [0.05, 0.1) is 17.8 Å². The number of hydrogen-bond donors (Lipinski definition) is 2. The summed E-state index contributed by atoms with van der Waals surface area (Å²) in [6, 6.07) is 12.6. The normalized spacial score (nSPS) is 10.8. The molecule has 0 saturated carbocycles. The van der Waals surface area contributed by atoms with Crippen LogP contribution in [0, 0.1) is 6.92 Å². The van der Waals surface area contributed by atoms with Crippen LogP contribution in [0.2, 0.25) is 0 Å². The van der Waals surface area contributed by atoms with Crippen molar-refractivity contribution in [3.63, 3.8) is 0 Å². The van der Waals surface area contributed by atoms with Crippen molar-refractivity contribution in [1.29, 1.82) is 0 Å². The van der Waals surface area contributed by atoms with Gasteiger partial charge in [-0.1, -0.05) is 18.2 Å². The van der Waals surface area contributed by atoms with E-state index in [9.17, 15) is 9.59 Å². The molecular weight excluding hydrogens is 376 g/mol. The van der Waals surface area contributed by atoms with E-state index >= 15 is 0 Å². The van der Waals surface area contributed by atoms with Crippen LogP contribution in [0.5, 0.6) is 0 Å².